The van der Waals surface area contributed by atoms with Crippen LogP contribution in [0.1, 0.15) is 32.8 Å². The third-order valence-electron chi connectivity index (χ3n) is 6.53. The van der Waals surface area contributed by atoms with E-state index in [9.17, 15) is 18.0 Å². The van der Waals surface area contributed by atoms with E-state index in [-0.39, 0.29) is 23.3 Å². The standard InChI is InChI=1S/C31H39N3O5S/c1-5-29(31(36)32-22-24(2)3)33(21-20-25-12-8-6-9-13-25)30(35)23-34(26-16-18-27(39-4)19-17-26)40(37,38)28-14-10-7-11-15-28/h6-19,24,29H,5,20-23H2,1-4H3,(H,32,36)/t29-/m1/s1. The summed E-state index contributed by atoms with van der Waals surface area (Å²) in [4.78, 5) is 28.8. The van der Waals surface area contributed by atoms with Crippen LogP contribution in [-0.2, 0) is 26.0 Å². The quantitative estimate of drug-likeness (QED) is 0.310. The molecule has 214 valence electrons. The fourth-order valence-corrected chi connectivity index (χ4v) is 5.75. The molecule has 8 nitrogen and oxygen atoms in total. The van der Waals surface area contributed by atoms with Crippen LogP contribution in [0.15, 0.2) is 89.8 Å². The number of amides is 2. The first-order valence-electron chi connectivity index (χ1n) is 13.5. The molecule has 0 saturated carbocycles. The normalized spacial score (nSPS) is 12.0. The highest BCUT2D eigenvalue weighted by atomic mass is 32.2. The van der Waals surface area contributed by atoms with Gasteiger partial charge < -0.3 is 15.0 Å². The molecule has 0 saturated heterocycles. The van der Waals surface area contributed by atoms with Crippen LogP contribution in [0.2, 0.25) is 0 Å². The minimum Gasteiger partial charge on any atom is -0.497 e. The fourth-order valence-electron chi connectivity index (χ4n) is 4.32. The maximum atomic E-state index is 14.0. The molecule has 0 heterocycles. The van der Waals surface area contributed by atoms with Gasteiger partial charge in [0.15, 0.2) is 0 Å². The Hall–Kier alpha value is -3.85. The van der Waals surface area contributed by atoms with Crippen molar-refractivity contribution in [2.75, 3.05) is 31.0 Å². The van der Waals surface area contributed by atoms with Crippen LogP contribution in [0, 0.1) is 5.92 Å². The molecular weight excluding hydrogens is 526 g/mol. The Morgan fingerprint density at radius 3 is 2.05 bits per heavy atom. The van der Waals surface area contributed by atoms with E-state index in [1.165, 1.54) is 24.1 Å². The molecule has 3 rings (SSSR count). The number of rotatable bonds is 14. The van der Waals surface area contributed by atoms with E-state index in [1.54, 1.807) is 42.5 Å². The molecule has 9 heteroatoms. The first-order valence-corrected chi connectivity index (χ1v) is 14.9. The Labute approximate surface area is 238 Å². The van der Waals surface area contributed by atoms with Crippen molar-refractivity contribution in [1.82, 2.24) is 10.2 Å². The van der Waals surface area contributed by atoms with Gasteiger partial charge in [0.1, 0.15) is 18.3 Å². The van der Waals surface area contributed by atoms with Gasteiger partial charge in [-0.1, -0.05) is 69.3 Å². The molecule has 3 aromatic rings. The second-order valence-corrected chi connectivity index (χ2v) is 11.8. The first-order chi connectivity index (χ1) is 19.2. The van der Waals surface area contributed by atoms with E-state index in [4.69, 9.17) is 4.74 Å². The Balaban J connectivity index is 1.98. The molecule has 0 bridgehead atoms. The van der Waals surface area contributed by atoms with Gasteiger partial charge >= 0.3 is 0 Å². The highest BCUT2D eigenvalue weighted by Crippen LogP contribution is 2.26. The van der Waals surface area contributed by atoms with Crippen molar-refractivity contribution in [2.45, 2.75) is 44.6 Å². The van der Waals surface area contributed by atoms with E-state index in [0.717, 1.165) is 9.87 Å². The second kappa shape index (κ2) is 14.5. The van der Waals surface area contributed by atoms with Gasteiger partial charge in [-0.05, 0) is 60.7 Å². The molecule has 0 spiro atoms. The van der Waals surface area contributed by atoms with Crippen molar-refractivity contribution >= 4 is 27.5 Å². The summed E-state index contributed by atoms with van der Waals surface area (Å²) in [5, 5.41) is 2.94. The molecule has 0 aliphatic carbocycles. The third kappa shape index (κ3) is 8.08. The van der Waals surface area contributed by atoms with Crippen molar-refractivity contribution < 1.29 is 22.7 Å². The summed E-state index contributed by atoms with van der Waals surface area (Å²) in [6, 6.07) is 23.5. The SMILES string of the molecule is CC[C@H](C(=O)NCC(C)C)N(CCc1ccccc1)C(=O)CN(c1ccc(OC)cc1)S(=O)(=O)c1ccccc1. The maximum absolute atomic E-state index is 14.0. The van der Waals surface area contributed by atoms with Crippen molar-refractivity contribution in [3.05, 3.63) is 90.5 Å². The van der Waals surface area contributed by atoms with E-state index < -0.39 is 28.5 Å². The van der Waals surface area contributed by atoms with Gasteiger partial charge in [-0.3, -0.25) is 13.9 Å². The number of sulfonamides is 1. The lowest BCUT2D eigenvalue weighted by molar-refractivity contribution is -0.139. The zero-order valence-electron chi connectivity index (χ0n) is 23.6. The predicted octanol–water partition coefficient (Wildman–Crippen LogP) is 4.51. The first kappa shape index (κ1) is 30.7. The van der Waals surface area contributed by atoms with Crippen LogP contribution in [0.25, 0.3) is 0 Å². The highest BCUT2D eigenvalue weighted by molar-refractivity contribution is 7.92. The monoisotopic (exact) mass is 565 g/mol. The lowest BCUT2D eigenvalue weighted by atomic mass is 10.1. The van der Waals surface area contributed by atoms with Gasteiger partial charge in [-0.2, -0.15) is 0 Å². The average Bonchev–Trinajstić information content (AvgIpc) is 2.97. The molecule has 0 aliphatic heterocycles. The summed E-state index contributed by atoms with van der Waals surface area (Å²) in [6.45, 7) is 6.13. The van der Waals surface area contributed by atoms with Crippen LogP contribution in [-0.4, -0.2) is 57.9 Å². The molecule has 0 unspecified atom stereocenters. The largest absolute Gasteiger partial charge is 0.497 e. The molecule has 0 aromatic heterocycles. The van der Waals surface area contributed by atoms with Crippen LogP contribution < -0.4 is 14.4 Å². The average molecular weight is 566 g/mol. The zero-order chi connectivity index (χ0) is 29.1. The second-order valence-electron chi connectivity index (χ2n) is 9.91. The van der Waals surface area contributed by atoms with E-state index in [2.05, 4.69) is 5.32 Å². The number of ether oxygens (including phenoxy) is 1. The van der Waals surface area contributed by atoms with Crippen molar-refractivity contribution in [3.8, 4) is 5.75 Å². The van der Waals surface area contributed by atoms with Crippen LogP contribution in [0.5, 0.6) is 5.75 Å². The van der Waals surface area contributed by atoms with Crippen LogP contribution >= 0.6 is 0 Å². The summed E-state index contributed by atoms with van der Waals surface area (Å²) in [6.07, 6.45) is 0.910. The van der Waals surface area contributed by atoms with Gasteiger partial charge in [0.2, 0.25) is 11.8 Å². The van der Waals surface area contributed by atoms with Gasteiger partial charge in [0.25, 0.3) is 10.0 Å². The van der Waals surface area contributed by atoms with E-state index in [0.29, 0.717) is 30.8 Å². The Bertz CT molecular complexity index is 1330. The highest BCUT2D eigenvalue weighted by Gasteiger charge is 2.33. The number of hydrogen-bond donors (Lipinski definition) is 1. The van der Waals surface area contributed by atoms with E-state index >= 15 is 0 Å². The molecular formula is C31H39N3O5S. The van der Waals surface area contributed by atoms with Crippen LogP contribution in [0.3, 0.4) is 0 Å². The molecule has 1 atom stereocenters. The molecule has 1 N–H and O–H groups in total. The van der Waals surface area contributed by atoms with E-state index in [1.807, 2.05) is 51.1 Å². The number of benzene rings is 3. The molecule has 3 aromatic carbocycles. The maximum Gasteiger partial charge on any atom is 0.264 e. The molecule has 0 radical (unpaired) electrons. The van der Waals surface area contributed by atoms with Gasteiger partial charge in [-0.15, -0.1) is 0 Å². The van der Waals surface area contributed by atoms with Gasteiger partial charge in [0.05, 0.1) is 17.7 Å². The summed E-state index contributed by atoms with van der Waals surface area (Å²) in [5.74, 6) is 0.0957. The molecule has 2 amide bonds. The minimum absolute atomic E-state index is 0.0659. The number of anilines is 1. The summed E-state index contributed by atoms with van der Waals surface area (Å²) < 4.78 is 34.0. The summed E-state index contributed by atoms with van der Waals surface area (Å²) in [7, 11) is -2.57. The van der Waals surface area contributed by atoms with Crippen LogP contribution in [0.4, 0.5) is 5.69 Å². The Morgan fingerprint density at radius 2 is 1.50 bits per heavy atom. The Morgan fingerprint density at radius 1 is 0.900 bits per heavy atom. The molecule has 0 aliphatic rings. The summed E-state index contributed by atoms with van der Waals surface area (Å²) >= 11 is 0. The van der Waals surface area contributed by atoms with Gasteiger partial charge in [0, 0.05) is 13.1 Å². The molecule has 40 heavy (non-hydrogen) atoms. The number of carbonyl (C=O) groups is 2. The fraction of sp³-hybridized carbons (Fsp3) is 0.355. The summed E-state index contributed by atoms with van der Waals surface area (Å²) in [5.41, 5.74) is 1.33. The molecule has 0 fully saturated rings. The topological polar surface area (TPSA) is 96.0 Å². The smallest absolute Gasteiger partial charge is 0.264 e. The number of nitrogens with zero attached hydrogens (tertiary/aromatic N) is 2. The number of carbonyl (C=O) groups excluding carboxylic acids is 2. The third-order valence-corrected chi connectivity index (χ3v) is 8.31. The lowest BCUT2D eigenvalue weighted by Gasteiger charge is -2.33. The minimum atomic E-state index is -4.10. The van der Waals surface area contributed by atoms with Crippen molar-refractivity contribution in [2.24, 2.45) is 5.92 Å². The number of hydrogen-bond acceptors (Lipinski definition) is 5. The number of methoxy groups -OCH3 is 1. The predicted molar refractivity (Wildman–Crippen MR) is 158 cm³/mol. The zero-order valence-corrected chi connectivity index (χ0v) is 24.4. The lowest BCUT2D eigenvalue weighted by Crippen LogP contribution is -2.53. The number of nitrogens with one attached hydrogen (secondary N) is 1. The van der Waals surface area contributed by atoms with Crippen molar-refractivity contribution in [3.63, 3.8) is 0 Å². The van der Waals surface area contributed by atoms with Crippen molar-refractivity contribution in [1.29, 1.82) is 0 Å². The Kier molecular flexibility index (Phi) is 11.1. The van der Waals surface area contributed by atoms with Gasteiger partial charge in [-0.25, -0.2) is 8.42 Å².